The molecule has 1 heterocycles. The van der Waals surface area contributed by atoms with Crippen LogP contribution in [-0.4, -0.2) is 15.0 Å². The second kappa shape index (κ2) is 5.64. The number of hydrogen-bond acceptors (Lipinski definition) is 4. The highest BCUT2D eigenvalue weighted by molar-refractivity contribution is 7.89. The summed E-state index contributed by atoms with van der Waals surface area (Å²) >= 11 is 0. The van der Waals surface area contributed by atoms with Crippen LogP contribution in [0.1, 0.15) is 42.8 Å². The van der Waals surface area contributed by atoms with Crippen molar-refractivity contribution in [1.29, 1.82) is 0 Å². The first-order chi connectivity index (χ1) is 8.95. The predicted molar refractivity (Wildman–Crippen MR) is 73.2 cm³/mol. The highest BCUT2D eigenvalue weighted by atomic mass is 32.2. The molecule has 1 saturated carbocycles. The summed E-state index contributed by atoms with van der Waals surface area (Å²) in [5, 5.41) is 0. The van der Waals surface area contributed by atoms with Gasteiger partial charge in [0.05, 0.1) is 0 Å². The summed E-state index contributed by atoms with van der Waals surface area (Å²) in [6, 6.07) is 0. The van der Waals surface area contributed by atoms with E-state index < -0.39 is 10.0 Å². The van der Waals surface area contributed by atoms with Crippen LogP contribution >= 0.6 is 0 Å². The first-order valence-electron chi connectivity index (χ1n) is 6.74. The van der Waals surface area contributed by atoms with Gasteiger partial charge in [0, 0.05) is 18.7 Å². The van der Waals surface area contributed by atoms with Crippen LogP contribution < -0.4 is 10.5 Å². The molecule has 1 aromatic heterocycles. The summed E-state index contributed by atoms with van der Waals surface area (Å²) in [5.74, 6) is 1.68. The molecule has 0 radical (unpaired) electrons. The zero-order valence-corrected chi connectivity index (χ0v) is 12.3. The molecule has 0 aromatic carbocycles. The molecule has 0 spiro atoms. The number of nitrogens with two attached hydrogens (primary N) is 1. The lowest BCUT2D eigenvalue weighted by Crippen LogP contribution is -2.28. The van der Waals surface area contributed by atoms with Crippen LogP contribution in [0.5, 0.6) is 0 Å². The molecule has 3 N–H and O–H groups in total. The molecule has 19 heavy (non-hydrogen) atoms. The van der Waals surface area contributed by atoms with Crippen molar-refractivity contribution in [3.8, 4) is 0 Å². The Labute approximate surface area is 114 Å². The molecule has 0 bridgehead atoms. The molecule has 0 aliphatic heterocycles. The van der Waals surface area contributed by atoms with Gasteiger partial charge in [0.25, 0.3) is 0 Å². The zero-order valence-electron chi connectivity index (χ0n) is 11.5. The number of sulfonamides is 1. The highest BCUT2D eigenvalue weighted by Crippen LogP contribution is 2.29. The van der Waals surface area contributed by atoms with Crippen LogP contribution in [0.15, 0.2) is 9.31 Å². The van der Waals surface area contributed by atoms with Gasteiger partial charge in [-0.05, 0) is 26.2 Å². The fourth-order valence-electron chi connectivity index (χ4n) is 2.55. The van der Waals surface area contributed by atoms with Gasteiger partial charge in [0.15, 0.2) is 0 Å². The Bertz CT molecular complexity index is 544. The maximum absolute atomic E-state index is 12.3. The second-order valence-electron chi connectivity index (χ2n) is 5.21. The van der Waals surface area contributed by atoms with Crippen molar-refractivity contribution < 1.29 is 12.8 Å². The minimum atomic E-state index is -3.52. The van der Waals surface area contributed by atoms with Crippen LogP contribution in [0.4, 0.5) is 0 Å². The molecule has 0 saturated heterocycles. The largest absolute Gasteiger partial charge is 0.465 e. The standard InChI is InChI=1S/C13H22N2O3S/c1-9-12(8-14)13(10(2)18-9)19(16,17)15-7-6-11-4-3-5-11/h11,15H,3-8,14H2,1-2H3. The molecule has 1 fully saturated rings. The van der Waals surface area contributed by atoms with Gasteiger partial charge in [-0.3, -0.25) is 0 Å². The van der Waals surface area contributed by atoms with E-state index in [1.54, 1.807) is 13.8 Å². The molecule has 0 atom stereocenters. The van der Waals surface area contributed by atoms with E-state index >= 15 is 0 Å². The molecular formula is C13H22N2O3S. The molecule has 108 valence electrons. The summed E-state index contributed by atoms with van der Waals surface area (Å²) in [4.78, 5) is 0.223. The SMILES string of the molecule is Cc1oc(C)c(S(=O)(=O)NCCC2CCC2)c1CN. The predicted octanol–water partition coefficient (Wildman–Crippen LogP) is 1.82. The lowest BCUT2D eigenvalue weighted by atomic mass is 9.83. The zero-order chi connectivity index (χ0) is 14.0. The Hall–Kier alpha value is -0.850. The van der Waals surface area contributed by atoms with Crippen LogP contribution in [0.2, 0.25) is 0 Å². The Kier molecular flexibility index (Phi) is 4.32. The maximum atomic E-state index is 12.3. The lowest BCUT2D eigenvalue weighted by Gasteiger charge is -2.25. The van der Waals surface area contributed by atoms with E-state index in [9.17, 15) is 8.42 Å². The Morgan fingerprint density at radius 3 is 2.53 bits per heavy atom. The van der Waals surface area contributed by atoms with Gasteiger partial charge in [0.1, 0.15) is 16.4 Å². The van der Waals surface area contributed by atoms with Crippen LogP contribution in [0.3, 0.4) is 0 Å². The average molecular weight is 286 g/mol. The summed E-state index contributed by atoms with van der Waals surface area (Å²) in [6.07, 6.45) is 4.63. The van der Waals surface area contributed by atoms with E-state index in [4.69, 9.17) is 10.2 Å². The van der Waals surface area contributed by atoms with Gasteiger partial charge in [-0.1, -0.05) is 19.3 Å². The van der Waals surface area contributed by atoms with Gasteiger partial charge < -0.3 is 10.2 Å². The van der Waals surface area contributed by atoms with Crippen molar-refractivity contribution in [3.63, 3.8) is 0 Å². The average Bonchev–Trinajstić information content (AvgIpc) is 2.57. The molecular weight excluding hydrogens is 264 g/mol. The Morgan fingerprint density at radius 2 is 2.00 bits per heavy atom. The minimum absolute atomic E-state index is 0.169. The number of hydrogen-bond donors (Lipinski definition) is 2. The van der Waals surface area contributed by atoms with Crippen LogP contribution in [0, 0.1) is 19.8 Å². The molecule has 0 amide bonds. The lowest BCUT2D eigenvalue weighted by molar-refractivity contribution is 0.297. The first-order valence-corrected chi connectivity index (χ1v) is 8.22. The van der Waals surface area contributed by atoms with Crippen LogP contribution in [-0.2, 0) is 16.6 Å². The first kappa shape index (κ1) is 14.6. The molecule has 1 aliphatic rings. The van der Waals surface area contributed by atoms with Crippen molar-refractivity contribution in [3.05, 3.63) is 17.1 Å². The number of rotatable bonds is 6. The minimum Gasteiger partial charge on any atom is -0.465 e. The fourth-order valence-corrected chi connectivity index (χ4v) is 4.05. The van der Waals surface area contributed by atoms with Crippen molar-refractivity contribution in [1.82, 2.24) is 4.72 Å². The normalized spacial score (nSPS) is 16.6. The van der Waals surface area contributed by atoms with Crippen LogP contribution in [0.25, 0.3) is 0 Å². The molecule has 1 aromatic rings. The van der Waals surface area contributed by atoms with Crippen molar-refractivity contribution >= 4 is 10.0 Å². The Morgan fingerprint density at radius 1 is 1.32 bits per heavy atom. The quantitative estimate of drug-likeness (QED) is 0.835. The number of furan rings is 1. The molecule has 5 nitrogen and oxygen atoms in total. The maximum Gasteiger partial charge on any atom is 0.244 e. The molecule has 1 aliphatic carbocycles. The summed E-state index contributed by atoms with van der Waals surface area (Å²) in [6.45, 7) is 4.05. The number of nitrogens with one attached hydrogen (secondary N) is 1. The third kappa shape index (κ3) is 3.01. The van der Waals surface area contributed by atoms with Gasteiger partial charge in [0.2, 0.25) is 10.0 Å². The topological polar surface area (TPSA) is 85.3 Å². The van der Waals surface area contributed by atoms with E-state index in [-0.39, 0.29) is 11.4 Å². The molecule has 2 rings (SSSR count). The summed E-state index contributed by atoms with van der Waals surface area (Å²) < 4.78 is 32.7. The smallest absolute Gasteiger partial charge is 0.244 e. The third-order valence-corrected chi connectivity index (χ3v) is 5.52. The molecule has 6 heteroatoms. The summed E-state index contributed by atoms with van der Waals surface area (Å²) in [7, 11) is -3.52. The van der Waals surface area contributed by atoms with Crippen molar-refractivity contribution in [2.45, 2.75) is 51.0 Å². The van der Waals surface area contributed by atoms with E-state index in [1.165, 1.54) is 19.3 Å². The highest BCUT2D eigenvalue weighted by Gasteiger charge is 2.26. The van der Waals surface area contributed by atoms with E-state index in [2.05, 4.69) is 4.72 Å². The van der Waals surface area contributed by atoms with Crippen molar-refractivity contribution in [2.24, 2.45) is 11.7 Å². The van der Waals surface area contributed by atoms with Gasteiger partial charge in [-0.25, -0.2) is 13.1 Å². The van der Waals surface area contributed by atoms with E-state index in [1.807, 2.05) is 0 Å². The third-order valence-electron chi connectivity index (χ3n) is 3.87. The monoisotopic (exact) mass is 286 g/mol. The number of aryl methyl sites for hydroxylation is 2. The summed E-state index contributed by atoms with van der Waals surface area (Å²) in [5.41, 5.74) is 6.19. The van der Waals surface area contributed by atoms with Crippen molar-refractivity contribution in [2.75, 3.05) is 6.54 Å². The van der Waals surface area contributed by atoms with E-state index in [0.717, 1.165) is 6.42 Å². The molecule has 0 unspecified atom stereocenters. The Balaban J connectivity index is 2.09. The van der Waals surface area contributed by atoms with Gasteiger partial charge >= 0.3 is 0 Å². The van der Waals surface area contributed by atoms with Gasteiger partial charge in [-0.15, -0.1) is 0 Å². The fraction of sp³-hybridized carbons (Fsp3) is 0.692. The second-order valence-corrected chi connectivity index (χ2v) is 6.91. The van der Waals surface area contributed by atoms with E-state index in [0.29, 0.717) is 29.5 Å². The van der Waals surface area contributed by atoms with Gasteiger partial charge in [-0.2, -0.15) is 0 Å².